The summed E-state index contributed by atoms with van der Waals surface area (Å²) in [5.41, 5.74) is 7.67. The molecule has 2 heterocycles. The topological polar surface area (TPSA) is 91.2 Å². The molecule has 2 aromatic rings. The van der Waals surface area contributed by atoms with Gasteiger partial charge in [0.25, 0.3) is 5.91 Å². The minimum Gasteiger partial charge on any atom is -0.369 e. The van der Waals surface area contributed by atoms with Gasteiger partial charge in [0.1, 0.15) is 4.64 Å². The van der Waals surface area contributed by atoms with Gasteiger partial charge >= 0.3 is 0 Å². The van der Waals surface area contributed by atoms with Crippen LogP contribution in [0.3, 0.4) is 0 Å². The molecule has 1 aromatic carbocycles. The van der Waals surface area contributed by atoms with Crippen LogP contribution < -0.4 is 11.1 Å². The third-order valence-corrected chi connectivity index (χ3v) is 4.98. The van der Waals surface area contributed by atoms with Crippen LogP contribution in [0.4, 0.5) is 5.69 Å². The molecule has 26 heavy (non-hydrogen) atoms. The molecule has 2 amide bonds. The monoisotopic (exact) mass is 370 g/mol. The van der Waals surface area contributed by atoms with Gasteiger partial charge in [-0.3, -0.25) is 14.5 Å². The van der Waals surface area contributed by atoms with E-state index in [-0.39, 0.29) is 17.7 Å². The summed E-state index contributed by atoms with van der Waals surface area (Å²) in [6.45, 7) is 2.48. The normalized spacial score (nSPS) is 15.5. The first-order chi connectivity index (χ1) is 12.5. The molecule has 1 aliphatic heterocycles. The predicted molar refractivity (Wildman–Crippen MR) is 103 cm³/mol. The first-order valence-electron chi connectivity index (χ1n) is 8.62. The highest BCUT2D eigenvalue weighted by Crippen LogP contribution is 2.20. The number of nitrogens with two attached hydrogens (primary N) is 1. The van der Waals surface area contributed by atoms with E-state index in [1.165, 1.54) is 0 Å². The number of amides is 2. The number of nitrogens with one attached hydrogen (secondary N) is 2. The summed E-state index contributed by atoms with van der Waals surface area (Å²) in [4.78, 5) is 28.8. The highest BCUT2D eigenvalue weighted by Gasteiger charge is 2.23. The Morgan fingerprint density at radius 3 is 2.69 bits per heavy atom. The second-order valence-electron chi connectivity index (χ2n) is 6.52. The van der Waals surface area contributed by atoms with E-state index in [2.05, 4.69) is 15.2 Å². The Kier molecular flexibility index (Phi) is 5.80. The number of rotatable bonds is 5. The molecule has 136 valence electrons. The van der Waals surface area contributed by atoms with E-state index in [4.69, 9.17) is 18.0 Å². The molecule has 0 saturated carbocycles. The summed E-state index contributed by atoms with van der Waals surface area (Å²) in [6, 6.07) is 11.2. The number of nitrogens with zero attached hydrogens (tertiary/aromatic N) is 1. The molecule has 7 heteroatoms. The Labute approximate surface area is 157 Å². The number of carbonyl (C=O) groups excluding carboxylic acids is 2. The molecule has 0 spiro atoms. The van der Waals surface area contributed by atoms with Gasteiger partial charge in [-0.25, -0.2) is 0 Å². The van der Waals surface area contributed by atoms with E-state index < -0.39 is 0 Å². The number of piperidine rings is 1. The number of hydrogen-bond donors (Lipinski definition) is 3. The van der Waals surface area contributed by atoms with Crippen molar-refractivity contribution in [2.24, 2.45) is 11.7 Å². The minimum absolute atomic E-state index is 0.00728. The van der Waals surface area contributed by atoms with Crippen molar-refractivity contribution in [2.75, 3.05) is 18.4 Å². The number of primary amides is 1. The number of hydrogen-bond acceptors (Lipinski definition) is 4. The SMILES string of the molecule is NC(=O)C1CCN(Cc2cccc(NC(=O)c3ccc[nH]c3=S)c2)CC1. The maximum Gasteiger partial charge on any atom is 0.258 e. The highest BCUT2D eigenvalue weighted by atomic mass is 32.1. The molecule has 1 aliphatic rings. The van der Waals surface area contributed by atoms with Crippen molar-refractivity contribution in [1.29, 1.82) is 0 Å². The fourth-order valence-electron chi connectivity index (χ4n) is 3.18. The largest absolute Gasteiger partial charge is 0.369 e. The van der Waals surface area contributed by atoms with Crippen molar-refractivity contribution in [2.45, 2.75) is 19.4 Å². The van der Waals surface area contributed by atoms with Crippen LogP contribution in [0, 0.1) is 10.6 Å². The summed E-state index contributed by atoms with van der Waals surface area (Å²) >= 11 is 5.15. The van der Waals surface area contributed by atoms with Crippen LogP contribution in [0.1, 0.15) is 28.8 Å². The molecule has 0 bridgehead atoms. The number of aromatic nitrogens is 1. The van der Waals surface area contributed by atoms with E-state index in [0.29, 0.717) is 10.2 Å². The van der Waals surface area contributed by atoms with E-state index >= 15 is 0 Å². The molecule has 4 N–H and O–H groups in total. The van der Waals surface area contributed by atoms with Crippen LogP contribution in [0.15, 0.2) is 42.6 Å². The molecule has 0 radical (unpaired) electrons. The number of likely N-dealkylation sites (tertiary alicyclic amines) is 1. The van der Waals surface area contributed by atoms with Gasteiger partial charge in [0.05, 0.1) is 5.56 Å². The van der Waals surface area contributed by atoms with Crippen LogP contribution in [0.2, 0.25) is 0 Å². The van der Waals surface area contributed by atoms with Crippen molar-refractivity contribution in [3.8, 4) is 0 Å². The van der Waals surface area contributed by atoms with Crippen LogP contribution in [0.5, 0.6) is 0 Å². The number of benzene rings is 1. The Balaban J connectivity index is 1.62. The first-order valence-corrected chi connectivity index (χ1v) is 9.03. The van der Waals surface area contributed by atoms with Gasteiger partial charge in [-0.1, -0.05) is 24.4 Å². The predicted octanol–water partition coefficient (Wildman–Crippen LogP) is 2.69. The fraction of sp³-hybridized carbons (Fsp3) is 0.316. The lowest BCUT2D eigenvalue weighted by Crippen LogP contribution is -2.38. The van der Waals surface area contributed by atoms with Crippen molar-refractivity contribution in [1.82, 2.24) is 9.88 Å². The molecule has 6 nitrogen and oxygen atoms in total. The number of pyridine rings is 1. The molecule has 0 aliphatic carbocycles. The van der Waals surface area contributed by atoms with E-state index in [1.807, 2.05) is 24.3 Å². The molecule has 3 rings (SSSR count). The lowest BCUT2D eigenvalue weighted by molar-refractivity contribution is -0.123. The molecule has 0 atom stereocenters. The van der Waals surface area contributed by atoms with Crippen LogP contribution in [-0.2, 0) is 11.3 Å². The third-order valence-electron chi connectivity index (χ3n) is 4.64. The van der Waals surface area contributed by atoms with E-state index in [1.54, 1.807) is 18.3 Å². The van der Waals surface area contributed by atoms with Gasteiger partial charge in [-0.05, 0) is 55.8 Å². The van der Waals surface area contributed by atoms with Crippen LogP contribution in [0.25, 0.3) is 0 Å². The smallest absolute Gasteiger partial charge is 0.258 e. The maximum atomic E-state index is 12.4. The number of anilines is 1. The van der Waals surface area contributed by atoms with Gasteiger partial charge in [0, 0.05) is 24.3 Å². The number of H-pyrrole nitrogens is 1. The summed E-state index contributed by atoms with van der Waals surface area (Å²) in [6.07, 6.45) is 3.30. The fourth-order valence-corrected chi connectivity index (χ4v) is 3.41. The van der Waals surface area contributed by atoms with E-state index in [0.717, 1.165) is 43.7 Å². The van der Waals surface area contributed by atoms with Crippen molar-refractivity contribution in [3.05, 3.63) is 58.4 Å². The summed E-state index contributed by atoms with van der Waals surface area (Å²) < 4.78 is 0.415. The number of carbonyl (C=O) groups is 2. The Morgan fingerprint density at radius 2 is 2.00 bits per heavy atom. The average Bonchev–Trinajstić information content (AvgIpc) is 2.63. The maximum absolute atomic E-state index is 12.4. The molecule has 1 saturated heterocycles. The molecule has 1 aromatic heterocycles. The second-order valence-corrected chi connectivity index (χ2v) is 6.93. The molecule has 0 unspecified atom stereocenters. The minimum atomic E-state index is -0.230. The second kappa shape index (κ2) is 8.25. The standard InChI is InChI=1S/C19H22N4O2S/c20-17(24)14-6-9-23(10-7-14)12-13-3-1-4-15(11-13)22-18(25)16-5-2-8-21-19(16)26/h1-5,8,11,14H,6-7,9-10,12H2,(H2,20,24)(H,21,26)(H,22,25). The van der Waals surface area contributed by atoms with Gasteiger partial charge in [-0.15, -0.1) is 0 Å². The van der Waals surface area contributed by atoms with Gasteiger partial charge < -0.3 is 16.0 Å². The molecular weight excluding hydrogens is 348 g/mol. The average molecular weight is 370 g/mol. The zero-order chi connectivity index (χ0) is 18.5. The lowest BCUT2D eigenvalue weighted by Gasteiger charge is -2.30. The quantitative estimate of drug-likeness (QED) is 0.706. The Bertz CT molecular complexity index is 856. The summed E-state index contributed by atoms with van der Waals surface area (Å²) in [7, 11) is 0. The Hall–Kier alpha value is -2.51. The van der Waals surface area contributed by atoms with E-state index in [9.17, 15) is 9.59 Å². The van der Waals surface area contributed by atoms with Gasteiger partial charge in [-0.2, -0.15) is 0 Å². The van der Waals surface area contributed by atoms with Crippen LogP contribution in [-0.4, -0.2) is 34.8 Å². The third kappa shape index (κ3) is 4.56. The zero-order valence-electron chi connectivity index (χ0n) is 14.4. The summed E-state index contributed by atoms with van der Waals surface area (Å²) in [5, 5.41) is 2.89. The zero-order valence-corrected chi connectivity index (χ0v) is 15.2. The van der Waals surface area contributed by atoms with Gasteiger partial charge in [0.15, 0.2) is 0 Å². The van der Waals surface area contributed by atoms with Crippen molar-refractivity contribution >= 4 is 29.7 Å². The molecule has 1 fully saturated rings. The highest BCUT2D eigenvalue weighted by molar-refractivity contribution is 7.71. The lowest BCUT2D eigenvalue weighted by atomic mass is 9.96. The van der Waals surface area contributed by atoms with Crippen LogP contribution >= 0.6 is 12.2 Å². The van der Waals surface area contributed by atoms with Crippen molar-refractivity contribution < 1.29 is 9.59 Å². The number of aromatic amines is 1. The first kappa shape index (κ1) is 18.3. The van der Waals surface area contributed by atoms with Gasteiger partial charge in [0.2, 0.25) is 5.91 Å². The molecular formula is C19H22N4O2S. The van der Waals surface area contributed by atoms with Crippen molar-refractivity contribution in [3.63, 3.8) is 0 Å². The summed E-state index contributed by atoms with van der Waals surface area (Å²) in [5.74, 6) is -0.438. The Morgan fingerprint density at radius 1 is 1.23 bits per heavy atom.